The van der Waals surface area contributed by atoms with Crippen LogP contribution >= 0.6 is 0 Å². The molecule has 3 nitrogen and oxygen atoms in total. The van der Waals surface area contributed by atoms with Gasteiger partial charge in [0, 0.05) is 6.54 Å². The van der Waals surface area contributed by atoms with E-state index in [1.165, 1.54) is 10.4 Å². The maximum atomic E-state index is 14.2. The summed E-state index contributed by atoms with van der Waals surface area (Å²) in [5, 5.41) is 0. The van der Waals surface area contributed by atoms with Crippen molar-refractivity contribution in [2.45, 2.75) is 31.6 Å². The van der Waals surface area contributed by atoms with E-state index in [4.69, 9.17) is 0 Å². The lowest BCUT2D eigenvalue weighted by molar-refractivity contribution is 0.577. The summed E-state index contributed by atoms with van der Waals surface area (Å²) in [6.45, 7) is 4.11. The quantitative estimate of drug-likeness (QED) is 0.848. The fraction of sp³-hybridized carbons (Fsp3) is 0.294. The van der Waals surface area contributed by atoms with E-state index in [1.807, 2.05) is 13.8 Å². The molecule has 0 atom stereocenters. The third-order valence-corrected chi connectivity index (χ3v) is 5.99. The van der Waals surface area contributed by atoms with Gasteiger partial charge in [-0.05, 0) is 61.6 Å². The Morgan fingerprint density at radius 1 is 1.09 bits per heavy atom. The van der Waals surface area contributed by atoms with E-state index in [1.54, 1.807) is 30.3 Å². The van der Waals surface area contributed by atoms with E-state index in [0.717, 1.165) is 16.7 Å². The van der Waals surface area contributed by atoms with Gasteiger partial charge in [0.25, 0.3) is 10.0 Å². The molecule has 116 valence electrons. The van der Waals surface area contributed by atoms with Crippen LogP contribution < -0.4 is 4.31 Å². The first kappa shape index (κ1) is 15.0. The second-order valence-corrected chi connectivity index (χ2v) is 7.54. The number of sulfonamides is 1. The Balaban J connectivity index is 2.13. The van der Waals surface area contributed by atoms with Crippen molar-refractivity contribution >= 4 is 15.7 Å². The molecule has 0 fully saturated rings. The number of halogens is 1. The van der Waals surface area contributed by atoms with E-state index in [2.05, 4.69) is 0 Å². The van der Waals surface area contributed by atoms with Crippen molar-refractivity contribution in [1.29, 1.82) is 0 Å². The maximum absolute atomic E-state index is 14.2. The molecule has 1 heterocycles. The molecule has 0 saturated heterocycles. The van der Waals surface area contributed by atoms with Gasteiger partial charge in [0.15, 0.2) is 0 Å². The van der Waals surface area contributed by atoms with Crippen LogP contribution in [0.1, 0.15) is 23.1 Å². The number of hydrogen-bond acceptors (Lipinski definition) is 2. The second kappa shape index (κ2) is 5.39. The Morgan fingerprint density at radius 3 is 2.59 bits per heavy atom. The van der Waals surface area contributed by atoms with Crippen molar-refractivity contribution < 1.29 is 12.8 Å². The summed E-state index contributed by atoms with van der Waals surface area (Å²) >= 11 is 0. The SMILES string of the molecule is Cc1ccc(S(=O)(=O)N2CCCc3cccc(F)c32)cc1C. The Kier molecular flexibility index (Phi) is 3.68. The number of hydrogen-bond donors (Lipinski definition) is 0. The van der Waals surface area contributed by atoms with Crippen LogP contribution in [0.5, 0.6) is 0 Å². The first-order valence-electron chi connectivity index (χ1n) is 7.28. The summed E-state index contributed by atoms with van der Waals surface area (Å²) < 4.78 is 41.3. The summed E-state index contributed by atoms with van der Waals surface area (Å²) in [6.07, 6.45) is 1.40. The number of para-hydroxylation sites is 1. The molecule has 5 heteroatoms. The van der Waals surface area contributed by atoms with Crippen molar-refractivity contribution in [2.24, 2.45) is 0 Å². The molecule has 0 unspecified atom stereocenters. The molecule has 0 bridgehead atoms. The molecule has 0 aliphatic carbocycles. The van der Waals surface area contributed by atoms with Crippen LogP contribution in [0, 0.1) is 19.7 Å². The highest BCUT2D eigenvalue weighted by atomic mass is 32.2. The normalized spacial score (nSPS) is 14.8. The van der Waals surface area contributed by atoms with Crippen LogP contribution in [0.25, 0.3) is 0 Å². The van der Waals surface area contributed by atoms with Gasteiger partial charge in [0.2, 0.25) is 0 Å². The zero-order valence-electron chi connectivity index (χ0n) is 12.6. The molecule has 0 saturated carbocycles. The van der Waals surface area contributed by atoms with Crippen molar-refractivity contribution in [3.8, 4) is 0 Å². The fourth-order valence-electron chi connectivity index (χ4n) is 2.81. The minimum atomic E-state index is -3.74. The Labute approximate surface area is 130 Å². The largest absolute Gasteiger partial charge is 0.264 e. The predicted molar refractivity (Wildman–Crippen MR) is 85.2 cm³/mol. The number of benzene rings is 2. The van der Waals surface area contributed by atoms with Crippen LogP contribution in [0.4, 0.5) is 10.1 Å². The van der Waals surface area contributed by atoms with Crippen molar-refractivity contribution in [3.05, 3.63) is 58.9 Å². The lowest BCUT2D eigenvalue weighted by Gasteiger charge is -2.30. The molecular formula is C17H18FNO2S. The fourth-order valence-corrected chi connectivity index (χ4v) is 4.44. The van der Waals surface area contributed by atoms with E-state index < -0.39 is 15.8 Å². The van der Waals surface area contributed by atoms with Crippen LogP contribution in [-0.4, -0.2) is 15.0 Å². The minimum absolute atomic E-state index is 0.201. The van der Waals surface area contributed by atoms with E-state index in [0.29, 0.717) is 19.4 Å². The lowest BCUT2D eigenvalue weighted by Crippen LogP contribution is -2.36. The van der Waals surface area contributed by atoms with Gasteiger partial charge in [0.1, 0.15) is 5.82 Å². The van der Waals surface area contributed by atoms with Gasteiger partial charge in [-0.1, -0.05) is 18.2 Å². The molecule has 0 N–H and O–H groups in total. The van der Waals surface area contributed by atoms with Gasteiger partial charge in [-0.3, -0.25) is 4.31 Å². The van der Waals surface area contributed by atoms with Crippen molar-refractivity contribution in [3.63, 3.8) is 0 Å². The molecule has 2 aromatic rings. The predicted octanol–water partition coefficient (Wildman–Crippen LogP) is 3.58. The van der Waals surface area contributed by atoms with Crippen LogP contribution in [0.2, 0.25) is 0 Å². The smallest absolute Gasteiger partial charge is 0.263 e. The molecule has 0 aromatic heterocycles. The summed E-state index contributed by atoms with van der Waals surface area (Å²) in [4.78, 5) is 0.215. The number of aryl methyl sites for hydroxylation is 3. The minimum Gasteiger partial charge on any atom is -0.263 e. The van der Waals surface area contributed by atoms with Gasteiger partial charge in [0.05, 0.1) is 10.6 Å². The zero-order chi connectivity index (χ0) is 15.9. The van der Waals surface area contributed by atoms with Gasteiger partial charge in [-0.15, -0.1) is 0 Å². The highest BCUT2D eigenvalue weighted by Gasteiger charge is 2.31. The second-order valence-electron chi connectivity index (χ2n) is 5.67. The number of anilines is 1. The Hall–Kier alpha value is -1.88. The molecule has 1 aliphatic rings. The third kappa shape index (κ3) is 2.39. The van der Waals surface area contributed by atoms with Crippen molar-refractivity contribution in [2.75, 3.05) is 10.8 Å². The van der Waals surface area contributed by atoms with Crippen LogP contribution in [0.15, 0.2) is 41.3 Å². The van der Waals surface area contributed by atoms with Gasteiger partial charge >= 0.3 is 0 Å². The third-order valence-electron chi connectivity index (χ3n) is 4.19. The molecule has 0 spiro atoms. The number of rotatable bonds is 2. The summed E-state index contributed by atoms with van der Waals surface area (Å²) in [5.41, 5.74) is 2.89. The number of fused-ring (bicyclic) bond motifs is 1. The number of nitrogens with zero attached hydrogens (tertiary/aromatic N) is 1. The maximum Gasteiger partial charge on any atom is 0.264 e. The standard InChI is InChI=1S/C17H18FNO2S/c1-12-8-9-15(11-13(12)2)22(20,21)19-10-4-6-14-5-3-7-16(18)17(14)19/h3,5,7-9,11H,4,6,10H2,1-2H3. The molecule has 3 rings (SSSR count). The van der Waals surface area contributed by atoms with E-state index in [-0.39, 0.29) is 10.6 Å². The molecule has 0 radical (unpaired) electrons. The van der Waals surface area contributed by atoms with E-state index >= 15 is 0 Å². The molecular weight excluding hydrogens is 301 g/mol. The summed E-state index contributed by atoms with van der Waals surface area (Å²) in [7, 11) is -3.74. The first-order chi connectivity index (χ1) is 10.4. The van der Waals surface area contributed by atoms with Gasteiger partial charge < -0.3 is 0 Å². The van der Waals surface area contributed by atoms with E-state index in [9.17, 15) is 12.8 Å². The lowest BCUT2D eigenvalue weighted by atomic mass is 10.0. The Bertz CT molecular complexity index is 831. The summed E-state index contributed by atoms with van der Waals surface area (Å²) in [5.74, 6) is -0.482. The average Bonchev–Trinajstić information content (AvgIpc) is 2.49. The van der Waals surface area contributed by atoms with Gasteiger partial charge in [-0.2, -0.15) is 0 Å². The molecule has 22 heavy (non-hydrogen) atoms. The van der Waals surface area contributed by atoms with Crippen molar-refractivity contribution in [1.82, 2.24) is 0 Å². The first-order valence-corrected chi connectivity index (χ1v) is 8.72. The highest BCUT2D eigenvalue weighted by molar-refractivity contribution is 7.92. The Morgan fingerprint density at radius 2 is 1.86 bits per heavy atom. The monoisotopic (exact) mass is 319 g/mol. The highest BCUT2D eigenvalue weighted by Crippen LogP contribution is 2.34. The summed E-state index contributed by atoms with van der Waals surface area (Å²) in [6, 6.07) is 9.76. The van der Waals surface area contributed by atoms with Crippen LogP contribution in [-0.2, 0) is 16.4 Å². The van der Waals surface area contributed by atoms with Gasteiger partial charge in [-0.25, -0.2) is 12.8 Å². The average molecular weight is 319 g/mol. The van der Waals surface area contributed by atoms with Crippen LogP contribution in [0.3, 0.4) is 0 Å². The molecule has 1 aliphatic heterocycles. The zero-order valence-corrected chi connectivity index (χ0v) is 13.5. The topological polar surface area (TPSA) is 37.4 Å². The molecule has 0 amide bonds. The molecule has 2 aromatic carbocycles.